The predicted octanol–water partition coefficient (Wildman–Crippen LogP) is 3.49. The monoisotopic (exact) mass is 247 g/mol. The SMILES string of the molecule is N#Cc1ccc(Nc2cccc(Cl)c2F)cn1. The molecular formula is C12H7ClFN3. The summed E-state index contributed by atoms with van der Waals surface area (Å²) in [6.07, 6.45) is 1.46. The zero-order chi connectivity index (χ0) is 12.3. The van der Waals surface area contributed by atoms with Crippen LogP contribution in [0.3, 0.4) is 0 Å². The number of anilines is 2. The average molecular weight is 248 g/mol. The van der Waals surface area contributed by atoms with Gasteiger partial charge in [0, 0.05) is 0 Å². The van der Waals surface area contributed by atoms with E-state index in [0.717, 1.165) is 0 Å². The van der Waals surface area contributed by atoms with Crippen molar-refractivity contribution in [1.29, 1.82) is 5.26 Å². The van der Waals surface area contributed by atoms with Gasteiger partial charge < -0.3 is 5.32 Å². The van der Waals surface area contributed by atoms with Crippen LogP contribution in [0.1, 0.15) is 5.69 Å². The molecule has 0 aliphatic carbocycles. The first-order chi connectivity index (χ1) is 8.20. The van der Waals surface area contributed by atoms with Crippen LogP contribution >= 0.6 is 11.6 Å². The average Bonchev–Trinajstić information content (AvgIpc) is 2.36. The molecule has 0 aliphatic heterocycles. The van der Waals surface area contributed by atoms with E-state index >= 15 is 0 Å². The molecule has 0 saturated heterocycles. The standard InChI is InChI=1S/C12H7ClFN3/c13-10-2-1-3-11(12(10)14)17-9-5-4-8(6-15)16-7-9/h1-5,7,17H. The maximum Gasteiger partial charge on any atom is 0.165 e. The second-order valence-electron chi connectivity index (χ2n) is 3.27. The Morgan fingerprint density at radius 2 is 2.12 bits per heavy atom. The van der Waals surface area contributed by atoms with Crippen LogP contribution in [0.4, 0.5) is 15.8 Å². The molecule has 1 heterocycles. The molecular weight excluding hydrogens is 241 g/mol. The van der Waals surface area contributed by atoms with Gasteiger partial charge in [-0.2, -0.15) is 5.26 Å². The molecule has 84 valence electrons. The van der Waals surface area contributed by atoms with Gasteiger partial charge in [0.05, 0.1) is 22.6 Å². The molecule has 0 saturated carbocycles. The Morgan fingerprint density at radius 1 is 1.29 bits per heavy atom. The number of aromatic nitrogens is 1. The van der Waals surface area contributed by atoms with E-state index in [0.29, 0.717) is 11.4 Å². The quantitative estimate of drug-likeness (QED) is 0.884. The Kier molecular flexibility index (Phi) is 3.22. The van der Waals surface area contributed by atoms with Crippen molar-refractivity contribution >= 4 is 23.0 Å². The van der Waals surface area contributed by atoms with Crippen molar-refractivity contribution in [3.05, 3.63) is 53.1 Å². The number of hydrogen-bond acceptors (Lipinski definition) is 3. The number of nitrogens with one attached hydrogen (secondary N) is 1. The van der Waals surface area contributed by atoms with Crippen LogP contribution < -0.4 is 5.32 Å². The number of pyridine rings is 1. The Hall–Kier alpha value is -2.12. The van der Waals surface area contributed by atoms with Crippen molar-refractivity contribution in [2.45, 2.75) is 0 Å². The van der Waals surface area contributed by atoms with Gasteiger partial charge in [0.15, 0.2) is 5.82 Å². The Labute approximate surface area is 102 Å². The lowest BCUT2D eigenvalue weighted by molar-refractivity contribution is 0.632. The second kappa shape index (κ2) is 4.81. The van der Waals surface area contributed by atoms with Crippen LogP contribution in [0, 0.1) is 17.1 Å². The minimum absolute atomic E-state index is 0.0524. The first-order valence-electron chi connectivity index (χ1n) is 4.78. The van der Waals surface area contributed by atoms with E-state index in [1.807, 2.05) is 6.07 Å². The fourth-order valence-corrected chi connectivity index (χ4v) is 1.46. The van der Waals surface area contributed by atoms with Crippen LogP contribution in [0.2, 0.25) is 5.02 Å². The van der Waals surface area contributed by atoms with Crippen LogP contribution in [0.15, 0.2) is 36.5 Å². The molecule has 1 aromatic heterocycles. The van der Waals surface area contributed by atoms with E-state index in [1.54, 1.807) is 24.3 Å². The maximum atomic E-state index is 13.6. The minimum Gasteiger partial charge on any atom is -0.352 e. The highest BCUT2D eigenvalue weighted by Gasteiger charge is 2.06. The Bertz CT molecular complexity index is 575. The number of benzene rings is 1. The summed E-state index contributed by atoms with van der Waals surface area (Å²) in [6, 6.07) is 9.78. The van der Waals surface area contributed by atoms with Gasteiger partial charge in [-0.3, -0.25) is 0 Å². The van der Waals surface area contributed by atoms with Crippen molar-refractivity contribution in [3.63, 3.8) is 0 Å². The van der Waals surface area contributed by atoms with E-state index in [9.17, 15) is 4.39 Å². The van der Waals surface area contributed by atoms with Crippen molar-refractivity contribution in [3.8, 4) is 6.07 Å². The molecule has 0 amide bonds. The number of hydrogen-bond donors (Lipinski definition) is 1. The molecule has 0 spiro atoms. The molecule has 0 fully saturated rings. The van der Waals surface area contributed by atoms with Crippen LogP contribution in [0.5, 0.6) is 0 Å². The topological polar surface area (TPSA) is 48.7 Å². The summed E-state index contributed by atoms with van der Waals surface area (Å²) >= 11 is 5.65. The molecule has 2 aromatic rings. The zero-order valence-electron chi connectivity index (χ0n) is 8.61. The molecule has 1 N–H and O–H groups in total. The number of halogens is 2. The van der Waals surface area contributed by atoms with Crippen LogP contribution in [-0.4, -0.2) is 4.98 Å². The van der Waals surface area contributed by atoms with Crippen molar-refractivity contribution < 1.29 is 4.39 Å². The van der Waals surface area contributed by atoms with Gasteiger partial charge in [-0.05, 0) is 24.3 Å². The summed E-state index contributed by atoms with van der Waals surface area (Å²) in [5.74, 6) is -0.515. The summed E-state index contributed by atoms with van der Waals surface area (Å²) in [4.78, 5) is 3.87. The largest absolute Gasteiger partial charge is 0.352 e. The second-order valence-corrected chi connectivity index (χ2v) is 3.68. The van der Waals surface area contributed by atoms with Gasteiger partial charge in [0.2, 0.25) is 0 Å². The first kappa shape index (κ1) is 11.4. The Balaban J connectivity index is 2.26. The molecule has 1 aromatic carbocycles. The molecule has 0 aliphatic rings. The van der Waals surface area contributed by atoms with Gasteiger partial charge in [-0.1, -0.05) is 17.7 Å². The van der Waals surface area contributed by atoms with Gasteiger partial charge in [0.25, 0.3) is 0 Å². The molecule has 0 radical (unpaired) electrons. The van der Waals surface area contributed by atoms with E-state index in [-0.39, 0.29) is 10.7 Å². The molecule has 0 unspecified atom stereocenters. The van der Waals surface area contributed by atoms with E-state index in [1.165, 1.54) is 12.3 Å². The van der Waals surface area contributed by atoms with Gasteiger partial charge in [-0.15, -0.1) is 0 Å². The van der Waals surface area contributed by atoms with Crippen LogP contribution in [0.25, 0.3) is 0 Å². The zero-order valence-corrected chi connectivity index (χ0v) is 9.37. The lowest BCUT2D eigenvalue weighted by Gasteiger charge is -2.07. The summed E-state index contributed by atoms with van der Waals surface area (Å²) in [5, 5.41) is 11.5. The van der Waals surface area contributed by atoms with Crippen molar-refractivity contribution in [2.24, 2.45) is 0 Å². The van der Waals surface area contributed by atoms with E-state index in [4.69, 9.17) is 16.9 Å². The van der Waals surface area contributed by atoms with Crippen molar-refractivity contribution in [2.75, 3.05) is 5.32 Å². The predicted molar refractivity (Wildman–Crippen MR) is 63.6 cm³/mol. The number of nitrogens with zero attached hydrogens (tertiary/aromatic N) is 2. The van der Waals surface area contributed by atoms with Crippen molar-refractivity contribution in [1.82, 2.24) is 4.98 Å². The fourth-order valence-electron chi connectivity index (χ4n) is 1.29. The lowest BCUT2D eigenvalue weighted by Crippen LogP contribution is -1.95. The smallest absolute Gasteiger partial charge is 0.165 e. The summed E-state index contributed by atoms with van der Waals surface area (Å²) in [5.41, 5.74) is 1.16. The van der Waals surface area contributed by atoms with Crippen LogP contribution in [-0.2, 0) is 0 Å². The summed E-state index contributed by atoms with van der Waals surface area (Å²) in [6.45, 7) is 0. The van der Waals surface area contributed by atoms with Gasteiger partial charge in [-0.25, -0.2) is 9.37 Å². The Morgan fingerprint density at radius 3 is 2.76 bits per heavy atom. The molecule has 2 rings (SSSR count). The van der Waals surface area contributed by atoms with E-state index < -0.39 is 5.82 Å². The fraction of sp³-hybridized carbons (Fsp3) is 0. The highest BCUT2D eigenvalue weighted by Crippen LogP contribution is 2.24. The molecule has 17 heavy (non-hydrogen) atoms. The molecule has 0 bridgehead atoms. The number of rotatable bonds is 2. The summed E-state index contributed by atoms with van der Waals surface area (Å²) in [7, 11) is 0. The molecule has 0 atom stereocenters. The summed E-state index contributed by atoms with van der Waals surface area (Å²) < 4.78 is 13.6. The minimum atomic E-state index is -0.515. The molecule has 3 nitrogen and oxygen atoms in total. The highest BCUT2D eigenvalue weighted by atomic mass is 35.5. The lowest BCUT2D eigenvalue weighted by atomic mass is 10.3. The third-order valence-corrected chi connectivity index (χ3v) is 2.40. The van der Waals surface area contributed by atoms with Gasteiger partial charge in [0.1, 0.15) is 11.8 Å². The maximum absolute atomic E-state index is 13.6. The third kappa shape index (κ3) is 2.52. The third-order valence-electron chi connectivity index (χ3n) is 2.11. The normalized spacial score (nSPS) is 9.71. The van der Waals surface area contributed by atoms with E-state index in [2.05, 4.69) is 10.3 Å². The van der Waals surface area contributed by atoms with Gasteiger partial charge >= 0.3 is 0 Å². The first-order valence-corrected chi connectivity index (χ1v) is 5.15. The molecule has 5 heteroatoms. The number of nitriles is 1. The highest BCUT2D eigenvalue weighted by molar-refractivity contribution is 6.31.